The Bertz CT molecular complexity index is 328. The smallest absolute Gasteiger partial charge is 0.141 e. The van der Waals surface area contributed by atoms with Crippen molar-refractivity contribution in [2.75, 3.05) is 13.2 Å². The number of aromatic nitrogens is 1. The number of nitrogens with zero attached hydrogens (tertiary/aromatic N) is 1. The highest BCUT2D eigenvalue weighted by Gasteiger charge is 2.19. The Labute approximate surface area is 95.0 Å². The van der Waals surface area contributed by atoms with Gasteiger partial charge >= 0.3 is 0 Å². The molecule has 16 heavy (non-hydrogen) atoms. The van der Waals surface area contributed by atoms with Gasteiger partial charge in [-0.1, -0.05) is 6.92 Å². The van der Waals surface area contributed by atoms with Crippen LogP contribution >= 0.6 is 0 Å². The molecule has 1 aromatic rings. The molecule has 2 atom stereocenters. The van der Waals surface area contributed by atoms with Gasteiger partial charge < -0.3 is 10.1 Å². The molecule has 1 aliphatic rings. The Morgan fingerprint density at radius 2 is 2.44 bits per heavy atom. The van der Waals surface area contributed by atoms with E-state index >= 15 is 0 Å². The van der Waals surface area contributed by atoms with E-state index in [0.717, 1.165) is 31.7 Å². The summed E-state index contributed by atoms with van der Waals surface area (Å²) in [4.78, 5) is 4.05. The van der Waals surface area contributed by atoms with E-state index in [0.29, 0.717) is 6.04 Å². The van der Waals surface area contributed by atoms with Crippen molar-refractivity contribution in [3.8, 4) is 0 Å². The molecule has 0 spiro atoms. The Morgan fingerprint density at radius 3 is 3.12 bits per heavy atom. The lowest BCUT2D eigenvalue weighted by atomic mass is 10.1. The monoisotopic (exact) mass is 224 g/mol. The maximum Gasteiger partial charge on any atom is 0.141 e. The molecule has 0 radical (unpaired) electrons. The molecule has 4 heteroatoms. The summed E-state index contributed by atoms with van der Waals surface area (Å²) in [6, 6.07) is 3.63. The summed E-state index contributed by atoms with van der Waals surface area (Å²) in [7, 11) is 0. The highest BCUT2D eigenvalue weighted by Crippen LogP contribution is 2.18. The number of hydrogen-bond acceptors (Lipinski definition) is 3. The van der Waals surface area contributed by atoms with Crippen LogP contribution in [0.3, 0.4) is 0 Å². The zero-order valence-corrected chi connectivity index (χ0v) is 9.45. The van der Waals surface area contributed by atoms with Gasteiger partial charge in [-0.15, -0.1) is 0 Å². The molecule has 0 saturated carbocycles. The molecule has 1 saturated heterocycles. The molecule has 1 aromatic heterocycles. The van der Waals surface area contributed by atoms with Gasteiger partial charge in [0.2, 0.25) is 0 Å². The number of ether oxygens (including phenoxy) is 1. The number of rotatable bonds is 2. The van der Waals surface area contributed by atoms with Gasteiger partial charge in [-0.05, 0) is 25.0 Å². The Morgan fingerprint density at radius 1 is 1.56 bits per heavy atom. The topological polar surface area (TPSA) is 34.1 Å². The van der Waals surface area contributed by atoms with Crippen molar-refractivity contribution in [2.45, 2.75) is 31.9 Å². The molecule has 1 N–H and O–H groups in total. The summed E-state index contributed by atoms with van der Waals surface area (Å²) >= 11 is 0. The molecule has 1 aliphatic heterocycles. The summed E-state index contributed by atoms with van der Waals surface area (Å²) in [5, 5.41) is 3.44. The van der Waals surface area contributed by atoms with E-state index < -0.39 is 0 Å². The lowest BCUT2D eigenvalue weighted by Crippen LogP contribution is -2.30. The van der Waals surface area contributed by atoms with Crippen molar-refractivity contribution in [2.24, 2.45) is 0 Å². The first-order valence-corrected chi connectivity index (χ1v) is 5.76. The van der Waals surface area contributed by atoms with Gasteiger partial charge in [0.1, 0.15) is 11.9 Å². The predicted molar refractivity (Wildman–Crippen MR) is 59.6 cm³/mol. The number of pyridine rings is 1. The second-order valence-corrected chi connectivity index (χ2v) is 4.06. The first kappa shape index (κ1) is 11.5. The van der Waals surface area contributed by atoms with E-state index in [-0.39, 0.29) is 11.9 Å². The Balaban J connectivity index is 2.02. The van der Waals surface area contributed by atoms with Crippen molar-refractivity contribution >= 4 is 0 Å². The molecule has 1 fully saturated rings. The predicted octanol–water partition coefficient (Wildman–Crippen LogP) is 2.05. The molecule has 0 bridgehead atoms. The first-order valence-electron chi connectivity index (χ1n) is 5.76. The molecule has 0 aliphatic carbocycles. The van der Waals surface area contributed by atoms with E-state index in [9.17, 15) is 4.39 Å². The fraction of sp³-hybridized carbons (Fsp3) is 0.583. The van der Waals surface area contributed by atoms with Gasteiger partial charge in [-0.25, -0.2) is 4.39 Å². The second-order valence-electron chi connectivity index (χ2n) is 4.06. The molecule has 2 rings (SSSR count). The quantitative estimate of drug-likeness (QED) is 0.834. The minimum atomic E-state index is -0.309. The molecule has 0 amide bonds. The van der Waals surface area contributed by atoms with Crippen LogP contribution in [0.5, 0.6) is 0 Å². The summed E-state index contributed by atoms with van der Waals surface area (Å²) in [5.74, 6) is -0.309. The van der Waals surface area contributed by atoms with Gasteiger partial charge in [0.15, 0.2) is 0 Å². The van der Waals surface area contributed by atoms with E-state index in [1.807, 2.05) is 0 Å². The molecular formula is C12H17FN2O. The van der Waals surface area contributed by atoms with Crippen molar-refractivity contribution < 1.29 is 9.13 Å². The minimum Gasteiger partial charge on any atom is -0.371 e. The zero-order valence-electron chi connectivity index (χ0n) is 9.45. The standard InChI is InChI=1S/C12H17FN2O/c1-2-10-5-6-16-12(8-14-10)11-4-3-9(13)7-15-11/h3-4,7,10,12,14H,2,5-6,8H2,1H3. The van der Waals surface area contributed by atoms with Crippen molar-refractivity contribution in [1.82, 2.24) is 10.3 Å². The molecule has 2 heterocycles. The van der Waals surface area contributed by atoms with Gasteiger partial charge in [-0.3, -0.25) is 4.98 Å². The van der Waals surface area contributed by atoms with Gasteiger partial charge in [-0.2, -0.15) is 0 Å². The Hall–Kier alpha value is -1.00. The van der Waals surface area contributed by atoms with E-state index in [1.54, 1.807) is 6.07 Å². The highest BCUT2D eigenvalue weighted by atomic mass is 19.1. The SMILES string of the molecule is CCC1CCOC(c2ccc(F)cn2)CN1. The lowest BCUT2D eigenvalue weighted by Gasteiger charge is -2.15. The number of hydrogen-bond donors (Lipinski definition) is 1. The third-order valence-corrected chi connectivity index (χ3v) is 2.95. The van der Waals surface area contributed by atoms with Crippen LogP contribution in [-0.2, 0) is 4.74 Å². The van der Waals surface area contributed by atoms with Crippen LogP contribution < -0.4 is 5.32 Å². The van der Waals surface area contributed by atoms with Crippen LogP contribution in [0, 0.1) is 5.82 Å². The van der Waals surface area contributed by atoms with E-state index in [1.165, 1.54) is 12.3 Å². The fourth-order valence-corrected chi connectivity index (χ4v) is 1.90. The van der Waals surface area contributed by atoms with Crippen LogP contribution in [0.25, 0.3) is 0 Å². The largest absolute Gasteiger partial charge is 0.371 e. The van der Waals surface area contributed by atoms with Crippen molar-refractivity contribution in [3.63, 3.8) is 0 Å². The highest BCUT2D eigenvalue weighted by molar-refractivity contribution is 5.09. The molecular weight excluding hydrogens is 207 g/mol. The van der Waals surface area contributed by atoms with E-state index in [4.69, 9.17) is 4.74 Å². The molecule has 88 valence electrons. The summed E-state index contributed by atoms with van der Waals surface area (Å²) in [6.07, 6.45) is 3.30. The maximum absolute atomic E-state index is 12.7. The first-order chi connectivity index (χ1) is 7.79. The number of halogens is 1. The van der Waals surface area contributed by atoms with Crippen molar-refractivity contribution in [1.29, 1.82) is 0 Å². The summed E-state index contributed by atoms with van der Waals surface area (Å²) in [6.45, 7) is 3.64. The number of nitrogens with one attached hydrogen (secondary N) is 1. The molecule has 3 nitrogen and oxygen atoms in total. The van der Waals surface area contributed by atoms with Crippen LogP contribution in [0.2, 0.25) is 0 Å². The van der Waals surface area contributed by atoms with Crippen LogP contribution in [-0.4, -0.2) is 24.2 Å². The Kier molecular flexibility index (Phi) is 3.85. The summed E-state index contributed by atoms with van der Waals surface area (Å²) < 4.78 is 18.4. The van der Waals surface area contributed by atoms with Crippen molar-refractivity contribution in [3.05, 3.63) is 29.8 Å². The summed E-state index contributed by atoms with van der Waals surface area (Å²) in [5.41, 5.74) is 0.797. The molecule has 2 unspecified atom stereocenters. The fourth-order valence-electron chi connectivity index (χ4n) is 1.90. The molecule has 0 aromatic carbocycles. The van der Waals surface area contributed by atoms with Crippen LogP contribution in [0.4, 0.5) is 4.39 Å². The van der Waals surface area contributed by atoms with Gasteiger partial charge in [0, 0.05) is 19.2 Å². The lowest BCUT2D eigenvalue weighted by molar-refractivity contribution is 0.0633. The second kappa shape index (κ2) is 5.37. The maximum atomic E-state index is 12.7. The minimum absolute atomic E-state index is 0.0582. The normalized spacial score (nSPS) is 26.4. The third-order valence-electron chi connectivity index (χ3n) is 2.95. The third kappa shape index (κ3) is 2.77. The zero-order chi connectivity index (χ0) is 11.4. The van der Waals surface area contributed by atoms with Gasteiger partial charge in [0.05, 0.1) is 11.9 Å². The van der Waals surface area contributed by atoms with Crippen LogP contribution in [0.15, 0.2) is 18.3 Å². The van der Waals surface area contributed by atoms with Gasteiger partial charge in [0.25, 0.3) is 0 Å². The van der Waals surface area contributed by atoms with Crippen LogP contribution in [0.1, 0.15) is 31.6 Å². The average Bonchev–Trinajstić information content (AvgIpc) is 2.55. The van der Waals surface area contributed by atoms with E-state index in [2.05, 4.69) is 17.2 Å². The average molecular weight is 224 g/mol.